The highest BCUT2D eigenvalue weighted by atomic mass is 16.5. The highest BCUT2D eigenvalue weighted by Crippen LogP contribution is 2.21. The maximum absolute atomic E-state index is 12.1. The van der Waals surface area contributed by atoms with Crippen LogP contribution in [0.2, 0.25) is 0 Å². The lowest BCUT2D eigenvalue weighted by molar-refractivity contribution is 0.0950. The van der Waals surface area contributed by atoms with Gasteiger partial charge in [-0.3, -0.25) is 9.89 Å². The van der Waals surface area contributed by atoms with Crippen molar-refractivity contribution in [2.24, 2.45) is 5.10 Å². The lowest BCUT2D eigenvalue weighted by atomic mass is 10.1. The van der Waals surface area contributed by atoms with Gasteiger partial charge in [0, 0.05) is 11.1 Å². The number of phenolic OH excluding ortho intramolecular Hbond substituents is 1. The first-order valence-corrected chi connectivity index (χ1v) is 7.48. The van der Waals surface area contributed by atoms with E-state index in [1.165, 1.54) is 6.21 Å². The van der Waals surface area contributed by atoms with E-state index in [2.05, 4.69) is 20.7 Å². The van der Waals surface area contributed by atoms with E-state index in [0.29, 0.717) is 11.3 Å². The van der Waals surface area contributed by atoms with Crippen molar-refractivity contribution in [3.63, 3.8) is 0 Å². The number of para-hydroxylation sites is 1. The van der Waals surface area contributed by atoms with Gasteiger partial charge in [-0.2, -0.15) is 10.2 Å². The summed E-state index contributed by atoms with van der Waals surface area (Å²) >= 11 is 0. The number of amides is 1. The number of rotatable bonds is 5. The third kappa shape index (κ3) is 3.84. The van der Waals surface area contributed by atoms with Crippen molar-refractivity contribution in [3.8, 4) is 22.8 Å². The van der Waals surface area contributed by atoms with Crippen molar-refractivity contribution in [2.75, 3.05) is 7.11 Å². The summed E-state index contributed by atoms with van der Waals surface area (Å²) < 4.78 is 5.11. The molecule has 0 radical (unpaired) electrons. The smallest absolute Gasteiger partial charge is 0.289 e. The van der Waals surface area contributed by atoms with E-state index >= 15 is 0 Å². The fourth-order valence-electron chi connectivity index (χ4n) is 2.17. The molecule has 1 heterocycles. The van der Waals surface area contributed by atoms with Crippen LogP contribution in [0.4, 0.5) is 0 Å². The SMILES string of the molecule is COc1ccc(-c2cc(C(=O)N/N=C\c3ccccc3O)[nH]n2)cc1. The Bertz CT molecular complexity index is 901. The molecule has 0 atom stereocenters. The highest BCUT2D eigenvalue weighted by Gasteiger charge is 2.10. The first-order valence-electron chi connectivity index (χ1n) is 7.48. The average molecular weight is 336 g/mol. The van der Waals surface area contributed by atoms with Crippen molar-refractivity contribution in [1.29, 1.82) is 0 Å². The zero-order valence-corrected chi connectivity index (χ0v) is 13.4. The molecule has 3 rings (SSSR count). The third-order valence-electron chi connectivity index (χ3n) is 3.51. The largest absolute Gasteiger partial charge is 0.507 e. The molecule has 0 aliphatic rings. The van der Waals surface area contributed by atoms with Crippen molar-refractivity contribution in [2.45, 2.75) is 0 Å². The maximum atomic E-state index is 12.1. The van der Waals surface area contributed by atoms with E-state index in [9.17, 15) is 9.90 Å². The fourth-order valence-corrected chi connectivity index (χ4v) is 2.17. The van der Waals surface area contributed by atoms with Gasteiger partial charge in [-0.1, -0.05) is 12.1 Å². The minimum absolute atomic E-state index is 0.0869. The number of aromatic nitrogens is 2. The van der Waals surface area contributed by atoms with E-state index in [-0.39, 0.29) is 11.4 Å². The lowest BCUT2D eigenvalue weighted by Crippen LogP contribution is -2.18. The summed E-state index contributed by atoms with van der Waals surface area (Å²) in [5.41, 5.74) is 4.66. The van der Waals surface area contributed by atoms with Gasteiger partial charge in [-0.05, 0) is 42.5 Å². The summed E-state index contributed by atoms with van der Waals surface area (Å²) in [5, 5.41) is 20.3. The van der Waals surface area contributed by atoms with Crippen molar-refractivity contribution >= 4 is 12.1 Å². The Kier molecular flexibility index (Phi) is 4.75. The Hall–Kier alpha value is -3.61. The van der Waals surface area contributed by atoms with Crippen LogP contribution in [0.1, 0.15) is 16.1 Å². The average Bonchev–Trinajstić information content (AvgIpc) is 3.13. The van der Waals surface area contributed by atoms with Crippen LogP contribution in [-0.2, 0) is 0 Å². The number of nitrogens with zero attached hydrogens (tertiary/aromatic N) is 2. The number of H-pyrrole nitrogens is 1. The molecular formula is C18H16N4O3. The number of ether oxygens (including phenoxy) is 1. The van der Waals surface area contributed by atoms with Crippen molar-refractivity contribution < 1.29 is 14.6 Å². The number of hydrogen-bond donors (Lipinski definition) is 3. The van der Waals surface area contributed by atoms with Gasteiger partial charge < -0.3 is 9.84 Å². The van der Waals surface area contributed by atoms with E-state index in [0.717, 1.165) is 11.3 Å². The highest BCUT2D eigenvalue weighted by molar-refractivity contribution is 5.94. The van der Waals surface area contributed by atoms with E-state index < -0.39 is 5.91 Å². The van der Waals surface area contributed by atoms with Crippen molar-refractivity contribution in [1.82, 2.24) is 15.6 Å². The third-order valence-corrected chi connectivity index (χ3v) is 3.51. The van der Waals surface area contributed by atoms with Crippen LogP contribution in [0.3, 0.4) is 0 Å². The first-order chi connectivity index (χ1) is 12.2. The van der Waals surface area contributed by atoms with Gasteiger partial charge in [0.05, 0.1) is 19.0 Å². The van der Waals surface area contributed by atoms with Crippen LogP contribution in [0, 0.1) is 0 Å². The number of aromatic amines is 1. The summed E-state index contributed by atoms with van der Waals surface area (Å²) in [7, 11) is 1.60. The topological polar surface area (TPSA) is 99.6 Å². The molecule has 7 heteroatoms. The fraction of sp³-hybridized carbons (Fsp3) is 0.0556. The standard InChI is InChI=1S/C18H16N4O3/c1-25-14-8-6-12(7-9-14)15-10-16(21-20-15)18(24)22-19-11-13-4-2-3-5-17(13)23/h2-11,23H,1H3,(H,20,21)(H,22,24)/b19-11-. The molecule has 3 N–H and O–H groups in total. The monoisotopic (exact) mass is 336 g/mol. The Morgan fingerprint density at radius 3 is 2.72 bits per heavy atom. The van der Waals surface area contributed by atoms with E-state index in [4.69, 9.17) is 4.74 Å². The first kappa shape index (κ1) is 16.3. The summed E-state index contributed by atoms with van der Waals surface area (Å²) in [6, 6.07) is 15.7. The molecule has 25 heavy (non-hydrogen) atoms. The van der Waals surface area contributed by atoms with Gasteiger partial charge in [0.15, 0.2) is 0 Å². The molecule has 3 aromatic rings. The van der Waals surface area contributed by atoms with Gasteiger partial charge in [0.25, 0.3) is 5.91 Å². The van der Waals surface area contributed by atoms with Gasteiger partial charge in [0.1, 0.15) is 17.2 Å². The van der Waals surface area contributed by atoms with Gasteiger partial charge in [-0.15, -0.1) is 0 Å². The number of benzene rings is 2. The Morgan fingerprint density at radius 1 is 1.24 bits per heavy atom. The molecule has 0 aliphatic carbocycles. The van der Waals surface area contributed by atoms with Crippen LogP contribution >= 0.6 is 0 Å². The van der Waals surface area contributed by atoms with Gasteiger partial charge in [-0.25, -0.2) is 5.43 Å². The molecular weight excluding hydrogens is 320 g/mol. The molecule has 1 aromatic heterocycles. The summed E-state index contributed by atoms with van der Waals surface area (Å²) in [4.78, 5) is 12.1. The Balaban J connectivity index is 1.67. The number of methoxy groups -OCH3 is 1. The number of hydrogen-bond acceptors (Lipinski definition) is 5. The quantitative estimate of drug-likeness (QED) is 0.492. The second-order valence-electron chi connectivity index (χ2n) is 5.15. The molecule has 0 fully saturated rings. The number of nitrogens with one attached hydrogen (secondary N) is 2. The lowest BCUT2D eigenvalue weighted by Gasteiger charge is -2.00. The van der Waals surface area contributed by atoms with Crippen LogP contribution in [0.15, 0.2) is 59.7 Å². The number of carbonyl (C=O) groups excluding carboxylic acids is 1. The number of hydrazone groups is 1. The molecule has 0 aliphatic heterocycles. The second-order valence-corrected chi connectivity index (χ2v) is 5.15. The predicted molar refractivity (Wildman–Crippen MR) is 93.7 cm³/mol. The van der Waals surface area contributed by atoms with E-state index in [1.807, 2.05) is 24.3 Å². The molecule has 1 amide bonds. The van der Waals surface area contributed by atoms with Crippen LogP contribution < -0.4 is 10.2 Å². The minimum Gasteiger partial charge on any atom is -0.507 e. The molecule has 7 nitrogen and oxygen atoms in total. The minimum atomic E-state index is -0.432. The molecule has 0 bridgehead atoms. The normalized spacial score (nSPS) is 10.8. The number of carbonyl (C=O) groups is 1. The molecule has 0 saturated heterocycles. The molecule has 126 valence electrons. The summed E-state index contributed by atoms with van der Waals surface area (Å²) in [6.07, 6.45) is 1.37. The molecule has 0 saturated carbocycles. The van der Waals surface area contributed by atoms with Crippen LogP contribution in [0.25, 0.3) is 11.3 Å². The van der Waals surface area contributed by atoms with Gasteiger partial charge in [0.2, 0.25) is 0 Å². The summed E-state index contributed by atoms with van der Waals surface area (Å²) in [6.45, 7) is 0. The zero-order chi connectivity index (χ0) is 17.6. The Labute approximate surface area is 144 Å². The zero-order valence-electron chi connectivity index (χ0n) is 13.4. The van der Waals surface area contributed by atoms with Gasteiger partial charge >= 0.3 is 0 Å². The molecule has 2 aromatic carbocycles. The predicted octanol–water partition coefficient (Wildman–Crippen LogP) is 2.55. The van der Waals surface area contributed by atoms with E-state index in [1.54, 1.807) is 37.4 Å². The van der Waals surface area contributed by atoms with Crippen LogP contribution in [0.5, 0.6) is 11.5 Å². The second kappa shape index (κ2) is 7.31. The summed E-state index contributed by atoms with van der Waals surface area (Å²) in [5.74, 6) is 0.401. The molecule has 0 unspecified atom stereocenters. The number of phenols is 1. The Morgan fingerprint density at radius 2 is 2.00 bits per heavy atom. The molecule has 0 spiro atoms. The van der Waals surface area contributed by atoms with Crippen LogP contribution in [-0.4, -0.2) is 34.5 Å². The van der Waals surface area contributed by atoms with Crippen molar-refractivity contribution in [3.05, 3.63) is 65.9 Å². The maximum Gasteiger partial charge on any atom is 0.289 e. The number of aromatic hydroxyl groups is 1.